The van der Waals surface area contributed by atoms with E-state index in [2.05, 4.69) is 259 Å². The summed E-state index contributed by atoms with van der Waals surface area (Å²) in [5, 5.41) is 14.9. The maximum atomic E-state index is 3.52. The zero-order valence-corrected chi connectivity index (χ0v) is 37.2. The van der Waals surface area contributed by atoms with E-state index >= 15 is 0 Å². The molecule has 302 valence electrons. The molecule has 10 rings (SSSR count). The zero-order valence-electron chi connectivity index (χ0n) is 37.2. The predicted octanol–water partition coefficient (Wildman–Crippen LogP) is 15.4. The highest BCUT2D eigenvalue weighted by atomic mass is 14.2. The standard InChI is InChI=1S/C64H46/c1-63(2,3)49-35-33-45(47(41-49)31-27-43-29-37-59-55-23-11-9-19-51(55)53-21-13-15-25-57(53)61(59)39-43)17-7-8-18-46-34-36-50(64(4,5)6)42-48(46)32-28-44-30-38-60-56-24-12-10-20-52(56)54-22-14-16-26-58(54)62(60)40-44/h9-16,19-26,29-30,33-42H,1-6H3. The van der Waals surface area contributed by atoms with Crippen LogP contribution < -0.4 is 0 Å². The van der Waals surface area contributed by atoms with Crippen molar-refractivity contribution in [2.45, 2.75) is 52.4 Å². The van der Waals surface area contributed by atoms with Crippen molar-refractivity contribution < 1.29 is 0 Å². The lowest BCUT2D eigenvalue weighted by Gasteiger charge is -2.19. The van der Waals surface area contributed by atoms with Crippen molar-refractivity contribution in [2.75, 3.05) is 0 Å². The third kappa shape index (κ3) is 7.63. The molecule has 10 aromatic carbocycles. The van der Waals surface area contributed by atoms with Crippen LogP contribution in [0.4, 0.5) is 0 Å². The second-order valence-corrected chi connectivity index (χ2v) is 18.7. The van der Waals surface area contributed by atoms with Crippen molar-refractivity contribution in [3.8, 4) is 47.4 Å². The Morgan fingerprint density at radius 2 is 0.547 bits per heavy atom. The minimum Gasteiger partial charge on any atom is -0.0616 e. The minimum atomic E-state index is -0.0449. The second-order valence-electron chi connectivity index (χ2n) is 18.7. The normalized spacial score (nSPS) is 11.4. The molecule has 0 aromatic heterocycles. The topological polar surface area (TPSA) is 0 Å². The quantitative estimate of drug-likeness (QED) is 0.106. The molecule has 0 N–H and O–H groups in total. The molecule has 64 heavy (non-hydrogen) atoms. The van der Waals surface area contributed by atoms with Crippen molar-refractivity contribution >= 4 is 64.6 Å². The lowest BCUT2D eigenvalue weighted by Crippen LogP contribution is -2.11. The first-order valence-corrected chi connectivity index (χ1v) is 22.0. The van der Waals surface area contributed by atoms with Crippen LogP contribution in [0.5, 0.6) is 0 Å². The molecule has 0 heterocycles. The smallest absolute Gasteiger partial charge is 0.0412 e. The SMILES string of the molecule is CC(C)(C)c1ccc(C#CC#Cc2ccc(C(C)(C)C)cc2C#Cc2ccc3c4ccccc4c4ccccc4c3c2)c(C#Cc2ccc3c4ccccc4c4ccccc4c3c2)c1. The largest absolute Gasteiger partial charge is 0.0616 e. The fourth-order valence-corrected chi connectivity index (χ4v) is 8.89. The van der Waals surface area contributed by atoms with Crippen molar-refractivity contribution in [3.05, 3.63) is 214 Å². The Kier molecular flexibility index (Phi) is 10.0. The van der Waals surface area contributed by atoms with Crippen LogP contribution in [-0.2, 0) is 10.8 Å². The Bertz CT molecular complexity index is 3490. The van der Waals surface area contributed by atoms with Gasteiger partial charge in [-0.1, -0.05) is 198 Å². The summed E-state index contributed by atoms with van der Waals surface area (Å²) < 4.78 is 0. The summed E-state index contributed by atoms with van der Waals surface area (Å²) in [5.74, 6) is 27.2. The summed E-state index contributed by atoms with van der Waals surface area (Å²) in [4.78, 5) is 0. The highest BCUT2D eigenvalue weighted by molar-refractivity contribution is 6.26. The summed E-state index contributed by atoms with van der Waals surface area (Å²) in [6.45, 7) is 13.4. The van der Waals surface area contributed by atoms with E-state index in [-0.39, 0.29) is 10.8 Å². The van der Waals surface area contributed by atoms with E-state index in [4.69, 9.17) is 0 Å². The van der Waals surface area contributed by atoms with E-state index in [1.165, 1.54) is 75.8 Å². The van der Waals surface area contributed by atoms with Gasteiger partial charge in [-0.3, -0.25) is 0 Å². The summed E-state index contributed by atoms with van der Waals surface area (Å²) in [7, 11) is 0. The molecule has 0 bridgehead atoms. The average molecular weight is 815 g/mol. The molecule has 0 radical (unpaired) electrons. The first kappa shape index (κ1) is 40.1. The Hall–Kier alpha value is -8.00. The number of rotatable bonds is 0. The molecule has 0 nitrogen and oxygen atoms in total. The summed E-state index contributed by atoms with van der Waals surface area (Å²) >= 11 is 0. The predicted molar refractivity (Wildman–Crippen MR) is 274 cm³/mol. The van der Waals surface area contributed by atoms with Crippen LogP contribution in [0.3, 0.4) is 0 Å². The van der Waals surface area contributed by atoms with Gasteiger partial charge in [0.25, 0.3) is 0 Å². The van der Waals surface area contributed by atoms with Crippen LogP contribution in [0.1, 0.15) is 86.1 Å². The van der Waals surface area contributed by atoms with Gasteiger partial charge in [0.2, 0.25) is 0 Å². The van der Waals surface area contributed by atoms with Crippen LogP contribution in [0.15, 0.2) is 170 Å². The van der Waals surface area contributed by atoms with Crippen molar-refractivity contribution in [2.24, 2.45) is 0 Å². The van der Waals surface area contributed by atoms with Crippen molar-refractivity contribution in [1.82, 2.24) is 0 Å². The lowest BCUT2D eigenvalue weighted by molar-refractivity contribution is 0.590. The molecule has 0 atom stereocenters. The van der Waals surface area contributed by atoms with Crippen molar-refractivity contribution in [1.29, 1.82) is 0 Å². The highest BCUT2D eigenvalue weighted by Gasteiger charge is 2.17. The fraction of sp³-hybridized carbons (Fsp3) is 0.125. The molecule has 0 aliphatic heterocycles. The van der Waals surface area contributed by atoms with Gasteiger partial charge in [-0.05, 0) is 147 Å². The molecule has 0 saturated carbocycles. The fourth-order valence-electron chi connectivity index (χ4n) is 8.89. The Morgan fingerprint density at radius 3 is 0.859 bits per heavy atom. The summed E-state index contributed by atoms with van der Waals surface area (Å²) in [6.07, 6.45) is 0. The molecule has 0 amide bonds. The molecule has 10 aromatic rings. The number of hydrogen-bond acceptors (Lipinski definition) is 0. The van der Waals surface area contributed by atoms with Gasteiger partial charge in [-0.2, -0.15) is 0 Å². The molecule has 0 spiro atoms. The molecule has 0 heteroatoms. The average Bonchev–Trinajstić information content (AvgIpc) is 3.31. The van der Waals surface area contributed by atoms with Gasteiger partial charge in [-0.25, -0.2) is 0 Å². The van der Waals surface area contributed by atoms with Gasteiger partial charge < -0.3 is 0 Å². The van der Waals surface area contributed by atoms with E-state index < -0.39 is 0 Å². The van der Waals surface area contributed by atoms with E-state index in [9.17, 15) is 0 Å². The number of benzene rings is 10. The van der Waals surface area contributed by atoms with Gasteiger partial charge >= 0.3 is 0 Å². The molecule has 0 saturated heterocycles. The van der Waals surface area contributed by atoms with Crippen LogP contribution in [0.25, 0.3) is 64.6 Å². The number of fused-ring (bicyclic) bond motifs is 12. The molecular formula is C64H46. The van der Waals surface area contributed by atoms with Gasteiger partial charge in [0.05, 0.1) is 0 Å². The van der Waals surface area contributed by atoms with Crippen LogP contribution >= 0.6 is 0 Å². The Morgan fingerprint density at radius 1 is 0.250 bits per heavy atom. The van der Waals surface area contributed by atoms with Crippen LogP contribution in [0.2, 0.25) is 0 Å². The van der Waals surface area contributed by atoms with Gasteiger partial charge in [0, 0.05) is 33.4 Å². The van der Waals surface area contributed by atoms with E-state index in [1.807, 2.05) is 0 Å². The Balaban J connectivity index is 1.01. The third-order valence-corrected chi connectivity index (χ3v) is 12.4. The van der Waals surface area contributed by atoms with Crippen LogP contribution in [-0.4, -0.2) is 0 Å². The highest BCUT2D eigenvalue weighted by Crippen LogP contribution is 2.37. The van der Waals surface area contributed by atoms with Crippen molar-refractivity contribution in [3.63, 3.8) is 0 Å². The van der Waals surface area contributed by atoms with E-state index in [0.717, 1.165) is 33.4 Å². The van der Waals surface area contributed by atoms with Gasteiger partial charge in [0.15, 0.2) is 0 Å². The monoisotopic (exact) mass is 814 g/mol. The van der Waals surface area contributed by atoms with E-state index in [1.54, 1.807) is 0 Å². The zero-order chi connectivity index (χ0) is 44.0. The number of hydrogen-bond donors (Lipinski definition) is 0. The maximum Gasteiger partial charge on any atom is 0.0412 e. The van der Waals surface area contributed by atoms with Gasteiger partial charge in [0.1, 0.15) is 0 Å². The molecule has 0 unspecified atom stereocenters. The first-order valence-electron chi connectivity index (χ1n) is 22.0. The maximum absolute atomic E-state index is 3.52. The molecule has 0 fully saturated rings. The summed E-state index contributed by atoms with van der Waals surface area (Å²) in [6, 6.07) is 60.7. The lowest BCUT2D eigenvalue weighted by atomic mass is 9.85. The summed E-state index contributed by atoms with van der Waals surface area (Å²) in [5.41, 5.74) is 7.74. The molecule has 0 aliphatic rings. The second kappa shape index (κ2) is 16.0. The van der Waals surface area contributed by atoms with Crippen LogP contribution in [0, 0.1) is 47.4 Å². The molecule has 0 aliphatic carbocycles. The molecular weight excluding hydrogens is 769 g/mol. The van der Waals surface area contributed by atoms with Gasteiger partial charge in [-0.15, -0.1) is 0 Å². The first-order chi connectivity index (χ1) is 31.0. The minimum absolute atomic E-state index is 0.0449. The third-order valence-electron chi connectivity index (χ3n) is 12.4. The van der Waals surface area contributed by atoms with E-state index in [0.29, 0.717) is 0 Å². The Labute approximate surface area is 377 Å².